The summed E-state index contributed by atoms with van der Waals surface area (Å²) in [4.78, 5) is 25.3. The van der Waals surface area contributed by atoms with E-state index in [1.165, 1.54) is 35.2 Å². The summed E-state index contributed by atoms with van der Waals surface area (Å²) in [5, 5.41) is 0. The number of hydrogen-bond donors (Lipinski definition) is 0. The smallest absolute Gasteiger partial charge is 0.331 e. The lowest BCUT2D eigenvalue weighted by Crippen LogP contribution is -2.43. The van der Waals surface area contributed by atoms with Crippen molar-refractivity contribution in [1.82, 2.24) is 4.90 Å². The van der Waals surface area contributed by atoms with E-state index in [0.717, 1.165) is 6.08 Å². The predicted molar refractivity (Wildman–Crippen MR) is 90.8 cm³/mol. The molecule has 1 atom stereocenters. The Labute approximate surface area is 146 Å². The van der Waals surface area contributed by atoms with Crippen LogP contribution in [-0.2, 0) is 24.2 Å². The molecule has 1 aliphatic rings. The molecule has 1 aromatic carbocycles. The van der Waals surface area contributed by atoms with Crippen molar-refractivity contribution in [2.24, 2.45) is 0 Å². The van der Waals surface area contributed by atoms with Crippen molar-refractivity contribution in [2.45, 2.75) is 19.4 Å². The van der Waals surface area contributed by atoms with Crippen LogP contribution < -0.4 is 0 Å². The summed E-state index contributed by atoms with van der Waals surface area (Å²) < 4.78 is 40.8. The molecular formula is C17H20FNO5S. The number of amides is 1. The molecule has 8 heteroatoms. The molecule has 25 heavy (non-hydrogen) atoms. The summed E-state index contributed by atoms with van der Waals surface area (Å²) in [5.74, 6) is -1.48. The van der Waals surface area contributed by atoms with Crippen LogP contribution in [0.1, 0.15) is 18.9 Å². The highest BCUT2D eigenvalue weighted by Crippen LogP contribution is 2.17. The molecule has 0 spiro atoms. The van der Waals surface area contributed by atoms with Crippen molar-refractivity contribution in [3.05, 3.63) is 41.7 Å². The Bertz CT molecular complexity index is 758. The molecule has 1 amide bonds. The molecule has 1 aromatic rings. The number of ether oxygens (including phenoxy) is 1. The Hall–Kier alpha value is -2.22. The third-order valence-electron chi connectivity index (χ3n) is 3.93. The first kappa shape index (κ1) is 19.1. The Morgan fingerprint density at radius 2 is 2.00 bits per heavy atom. The van der Waals surface area contributed by atoms with Crippen molar-refractivity contribution in [3.8, 4) is 0 Å². The number of sulfone groups is 1. The van der Waals surface area contributed by atoms with Crippen molar-refractivity contribution < 1.29 is 27.1 Å². The first-order chi connectivity index (χ1) is 11.8. The lowest BCUT2D eigenvalue weighted by atomic mass is 10.2. The van der Waals surface area contributed by atoms with Gasteiger partial charge in [-0.15, -0.1) is 0 Å². The van der Waals surface area contributed by atoms with Gasteiger partial charge in [-0.3, -0.25) is 4.79 Å². The molecule has 1 heterocycles. The van der Waals surface area contributed by atoms with Crippen LogP contribution in [0.5, 0.6) is 0 Å². The van der Waals surface area contributed by atoms with E-state index in [-0.39, 0.29) is 23.4 Å². The number of hydrogen-bond acceptors (Lipinski definition) is 5. The number of esters is 1. The molecule has 0 unspecified atom stereocenters. The van der Waals surface area contributed by atoms with E-state index in [9.17, 15) is 22.4 Å². The lowest BCUT2D eigenvalue weighted by molar-refractivity contribution is -0.149. The molecule has 6 nitrogen and oxygen atoms in total. The van der Waals surface area contributed by atoms with Crippen LogP contribution in [-0.4, -0.2) is 55.9 Å². The zero-order valence-electron chi connectivity index (χ0n) is 13.9. The minimum atomic E-state index is -3.10. The van der Waals surface area contributed by atoms with Gasteiger partial charge in [-0.1, -0.05) is 12.1 Å². The first-order valence-electron chi connectivity index (χ1n) is 7.91. The van der Waals surface area contributed by atoms with Gasteiger partial charge >= 0.3 is 5.97 Å². The molecule has 0 aliphatic carbocycles. The summed E-state index contributed by atoms with van der Waals surface area (Å²) in [6, 6.07) is 5.18. The van der Waals surface area contributed by atoms with Crippen LogP contribution in [0.15, 0.2) is 30.3 Å². The van der Waals surface area contributed by atoms with Gasteiger partial charge in [0.2, 0.25) is 0 Å². The number of carbonyl (C=O) groups is 2. The number of halogens is 1. The van der Waals surface area contributed by atoms with Gasteiger partial charge in [0.05, 0.1) is 11.5 Å². The average molecular weight is 369 g/mol. The van der Waals surface area contributed by atoms with Gasteiger partial charge in [-0.05, 0) is 37.1 Å². The highest BCUT2D eigenvalue weighted by molar-refractivity contribution is 7.91. The van der Waals surface area contributed by atoms with Gasteiger partial charge in [-0.2, -0.15) is 0 Å². The molecule has 0 aromatic heterocycles. The van der Waals surface area contributed by atoms with Crippen LogP contribution in [0, 0.1) is 5.82 Å². The zero-order valence-corrected chi connectivity index (χ0v) is 14.7. The number of rotatable bonds is 6. The molecular weight excluding hydrogens is 349 g/mol. The summed E-state index contributed by atoms with van der Waals surface area (Å²) in [6.45, 7) is 1.65. The maximum absolute atomic E-state index is 12.8. The molecule has 0 bridgehead atoms. The maximum atomic E-state index is 12.8. The van der Waals surface area contributed by atoms with Crippen LogP contribution in [0.2, 0.25) is 0 Å². The van der Waals surface area contributed by atoms with Crippen LogP contribution in [0.4, 0.5) is 4.39 Å². The monoisotopic (exact) mass is 369 g/mol. The largest absolute Gasteiger partial charge is 0.452 e. The highest BCUT2D eigenvalue weighted by Gasteiger charge is 2.34. The summed E-state index contributed by atoms with van der Waals surface area (Å²) in [5.41, 5.74) is 0.621. The standard InChI is InChI=1S/C17H20FNO5S/c1-2-19(15-9-10-25(22,23)12-15)16(20)11-24-17(21)8-5-13-3-6-14(18)7-4-13/h3-8,15H,2,9-12H2,1H3/b8-5+/t15-/m1/s1. The molecule has 1 fully saturated rings. The third kappa shape index (κ3) is 5.67. The molecule has 0 N–H and O–H groups in total. The summed E-state index contributed by atoms with van der Waals surface area (Å²) in [6.07, 6.45) is 3.00. The van der Waals surface area contributed by atoms with E-state index in [1.54, 1.807) is 6.92 Å². The van der Waals surface area contributed by atoms with E-state index >= 15 is 0 Å². The fraction of sp³-hybridized carbons (Fsp3) is 0.412. The molecule has 1 aliphatic heterocycles. The highest BCUT2D eigenvalue weighted by atomic mass is 32.2. The van der Waals surface area contributed by atoms with Crippen molar-refractivity contribution in [1.29, 1.82) is 0 Å². The second kappa shape index (κ2) is 8.24. The van der Waals surface area contributed by atoms with Gasteiger partial charge in [0, 0.05) is 18.7 Å². The molecule has 0 radical (unpaired) electrons. The van der Waals surface area contributed by atoms with Gasteiger partial charge < -0.3 is 9.64 Å². The fourth-order valence-corrected chi connectivity index (χ4v) is 4.39. The molecule has 0 saturated carbocycles. The average Bonchev–Trinajstić information content (AvgIpc) is 2.92. The van der Waals surface area contributed by atoms with Gasteiger partial charge in [0.1, 0.15) is 5.82 Å². The summed E-state index contributed by atoms with van der Waals surface area (Å²) in [7, 11) is -3.10. The molecule has 1 saturated heterocycles. The van der Waals surface area contributed by atoms with Gasteiger partial charge in [-0.25, -0.2) is 17.6 Å². The van der Waals surface area contributed by atoms with Crippen molar-refractivity contribution in [3.63, 3.8) is 0 Å². The molecule has 136 valence electrons. The first-order valence-corrected chi connectivity index (χ1v) is 9.73. The van der Waals surface area contributed by atoms with E-state index in [0.29, 0.717) is 18.5 Å². The molecule has 2 rings (SSSR count). The minimum Gasteiger partial charge on any atom is -0.452 e. The maximum Gasteiger partial charge on any atom is 0.331 e. The predicted octanol–water partition coefficient (Wildman–Crippen LogP) is 1.42. The van der Waals surface area contributed by atoms with Gasteiger partial charge in [0.15, 0.2) is 16.4 Å². The van der Waals surface area contributed by atoms with Crippen molar-refractivity contribution >= 4 is 27.8 Å². The quantitative estimate of drug-likeness (QED) is 0.560. The van der Waals surface area contributed by atoms with E-state index in [2.05, 4.69) is 0 Å². The number of nitrogens with zero attached hydrogens (tertiary/aromatic N) is 1. The Morgan fingerprint density at radius 1 is 1.32 bits per heavy atom. The Balaban J connectivity index is 1.85. The van der Waals surface area contributed by atoms with Gasteiger partial charge in [0.25, 0.3) is 5.91 Å². The van der Waals surface area contributed by atoms with Crippen LogP contribution in [0.25, 0.3) is 6.08 Å². The summed E-state index contributed by atoms with van der Waals surface area (Å²) >= 11 is 0. The zero-order chi connectivity index (χ0) is 18.4. The Kier molecular flexibility index (Phi) is 6.30. The van der Waals surface area contributed by atoms with E-state index in [1.807, 2.05) is 0 Å². The second-order valence-electron chi connectivity index (χ2n) is 5.73. The SMILES string of the molecule is CCN(C(=O)COC(=O)/C=C/c1ccc(F)cc1)[C@@H]1CCS(=O)(=O)C1. The normalized spacial score (nSPS) is 19.0. The number of benzene rings is 1. The van der Waals surface area contributed by atoms with E-state index < -0.39 is 28.3 Å². The minimum absolute atomic E-state index is 0.0506. The van der Waals surface area contributed by atoms with Crippen LogP contribution in [0.3, 0.4) is 0 Å². The topological polar surface area (TPSA) is 80.8 Å². The number of carbonyl (C=O) groups excluding carboxylic acids is 2. The Morgan fingerprint density at radius 3 is 2.56 bits per heavy atom. The van der Waals surface area contributed by atoms with Crippen LogP contribution >= 0.6 is 0 Å². The fourth-order valence-electron chi connectivity index (χ4n) is 2.66. The second-order valence-corrected chi connectivity index (χ2v) is 7.96. The van der Waals surface area contributed by atoms with Crippen molar-refractivity contribution in [2.75, 3.05) is 24.7 Å². The third-order valence-corrected chi connectivity index (χ3v) is 5.68. The lowest BCUT2D eigenvalue weighted by Gasteiger charge is -2.26. The number of likely N-dealkylation sites (N-methyl/N-ethyl adjacent to an activating group) is 1. The van der Waals surface area contributed by atoms with E-state index in [4.69, 9.17) is 4.74 Å².